The maximum Gasteiger partial charge on any atom is -0.0410 e. The minimum absolute atomic E-state index is 0.259. The molecule has 4 aromatic carbocycles. The van der Waals surface area contributed by atoms with Gasteiger partial charge in [-0.2, -0.15) is 12.1 Å². The van der Waals surface area contributed by atoms with Crippen molar-refractivity contribution in [3.63, 3.8) is 0 Å². The minimum Gasteiger partial charge on any atom is -0.151 e. The minimum atomic E-state index is 0.259. The van der Waals surface area contributed by atoms with Gasteiger partial charge in [-0.05, 0) is 13.8 Å². The quantitative estimate of drug-likeness (QED) is 0.167. The van der Waals surface area contributed by atoms with E-state index in [9.17, 15) is 0 Å². The molecule has 30 heavy (non-hydrogen) atoms. The van der Waals surface area contributed by atoms with E-state index in [0.29, 0.717) is 0 Å². The maximum atomic E-state index is 2.33. The first-order valence-electron chi connectivity index (χ1n) is 10.4. The molecule has 0 bridgehead atoms. The van der Waals surface area contributed by atoms with Crippen LogP contribution in [0.5, 0.6) is 0 Å². The van der Waals surface area contributed by atoms with E-state index in [0.717, 1.165) is 0 Å². The Balaban J connectivity index is 0.000000182. The zero-order valence-electron chi connectivity index (χ0n) is 19.1. The van der Waals surface area contributed by atoms with Crippen LogP contribution in [0.1, 0.15) is 22.3 Å². The Morgan fingerprint density at radius 3 is 1.10 bits per heavy atom. The van der Waals surface area contributed by atoms with Crippen LogP contribution >= 0.6 is 0 Å². The fourth-order valence-corrected chi connectivity index (χ4v) is 3.13. The second-order valence-corrected chi connectivity index (χ2v) is 20.8. The molecule has 152 valence electrons. The predicted molar refractivity (Wildman–Crippen MR) is 131 cm³/mol. The number of benzene rings is 2. The van der Waals surface area contributed by atoms with Crippen LogP contribution in [0, 0.1) is 27.7 Å². The molecular weight excluding hydrogens is 543 g/mol. The summed E-state index contributed by atoms with van der Waals surface area (Å²) in [4.78, 5) is 0. The van der Waals surface area contributed by atoms with Crippen molar-refractivity contribution < 1.29 is 23.0 Å². The fraction of sp³-hybridized carbons (Fsp3) is 0.214. The molecule has 4 rings (SSSR count). The first kappa shape index (κ1) is 24.5. The molecular formula is C28H32HfSi. The summed E-state index contributed by atoms with van der Waals surface area (Å²) < 4.78 is 0. The zero-order chi connectivity index (χ0) is 22.1. The molecule has 0 N–H and O–H groups in total. The molecule has 0 aliphatic rings. The summed E-state index contributed by atoms with van der Waals surface area (Å²) in [6.45, 7) is 13.2. The summed E-state index contributed by atoms with van der Waals surface area (Å²) in [6.07, 6.45) is 0. The van der Waals surface area contributed by atoms with Crippen molar-refractivity contribution in [1.82, 2.24) is 0 Å². The van der Waals surface area contributed by atoms with Crippen molar-refractivity contribution in [3.8, 4) is 22.3 Å². The van der Waals surface area contributed by atoms with Crippen molar-refractivity contribution in [1.29, 1.82) is 0 Å². The van der Waals surface area contributed by atoms with Gasteiger partial charge in [0.05, 0.1) is 0 Å². The molecule has 0 spiro atoms. The maximum absolute atomic E-state index is 2.33. The molecule has 0 radical (unpaired) electrons. The number of rotatable bonds is 2. The van der Waals surface area contributed by atoms with Crippen LogP contribution in [0.15, 0.2) is 84.9 Å². The first-order chi connectivity index (χ1) is 14.3. The molecule has 0 saturated carbocycles. The Bertz CT molecular complexity index is 961. The van der Waals surface area contributed by atoms with Gasteiger partial charge >= 0.3 is 41.6 Å². The second-order valence-electron chi connectivity index (χ2n) is 7.98. The summed E-state index contributed by atoms with van der Waals surface area (Å²) in [5.74, 6) is 0. The number of hydrogen-bond donors (Lipinski definition) is 0. The van der Waals surface area contributed by atoms with Gasteiger partial charge in [0.25, 0.3) is 0 Å². The molecule has 0 unspecified atom stereocenters. The Morgan fingerprint density at radius 2 is 0.867 bits per heavy atom. The third kappa shape index (κ3) is 7.81. The van der Waals surface area contributed by atoms with Gasteiger partial charge in [0.1, 0.15) is 0 Å². The third-order valence-corrected chi connectivity index (χ3v) is 4.79. The van der Waals surface area contributed by atoms with Gasteiger partial charge in [-0.3, -0.25) is 0 Å². The van der Waals surface area contributed by atoms with E-state index in [1.165, 1.54) is 67.5 Å². The molecule has 2 heteroatoms. The van der Waals surface area contributed by atoms with Gasteiger partial charge < -0.3 is 0 Å². The topological polar surface area (TPSA) is 0 Å². The van der Waals surface area contributed by atoms with Crippen LogP contribution in [-0.4, -0.2) is 5.49 Å². The molecule has 0 fully saturated rings. The normalized spacial score (nSPS) is 9.87. The van der Waals surface area contributed by atoms with Crippen LogP contribution in [0.2, 0.25) is 13.1 Å². The Labute approximate surface area is 197 Å². The summed E-state index contributed by atoms with van der Waals surface area (Å²) >= 11 is 1.45. The van der Waals surface area contributed by atoms with Crippen molar-refractivity contribution in [2.24, 2.45) is 0 Å². The smallest absolute Gasteiger partial charge is 0.0410 e. The van der Waals surface area contributed by atoms with E-state index < -0.39 is 0 Å². The zero-order valence-corrected chi connectivity index (χ0v) is 23.7. The molecule has 0 saturated heterocycles. The fourth-order valence-electron chi connectivity index (χ4n) is 3.13. The van der Waals surface area contributed by atoms with Crippen LogP contribution in [-0.2, 0) is 23.0 Å². The SMILES string of the molecule is C[Si](C)=[Hf+2].Cc1ccc(-[c-]2cccc2C)cc1.Cc1ccc(-[c-]2cccc2C)cc1. The van der Waals surface area contributed by atoms with Crippen molar-refractivity contribution in [2.45, 2.75) is 40.8 Å². The van der Waals surface area contributed by atoms with Gasteiger partial charge in [-0.1, -0.05) is 60.4 Å². The van der Waals surface area contributed by atoms with E-state index in [4.69, 9.17) is 0 Å². The molecule has 0 aliphatic carbocycles. The average molecular weight is 575 g/mol. The van der Waals surface area contributed by atoms with E-state index in [2.05, 4.69) is 126 Å². The molecule has 0 aromatic heterocycles. The Kier molecular flexibility index (Phi) is 9.94. The van der Waals surface area contributed by atoms with E-state index in [-0.39, 0.29) is 5.49 Å². The summed E-state index contributed by atoms with van der Waals surface area (Å²) in [6, 6.07) is 30.2. The second kappa shape index (κ2) is 12.2. The molecule has 0 nitrogen and oxygen atoms in total. The van der Waals surface area contributed by atoms with Crippen LogP contribution in [0.4, 0.5) is 0 Å². The molecule has 4 aromatic rings. The first-order valence-corrected chi connectivity index (χ1v) is 18.3. The van der Waals surface area contributed by atoms with E-state index in [1.54, 1.807) is 0 Å². The van der Waals surface area contributed by atoms with Gasteiger partial charge in [0.2, 0.25) is 0 Å². The van der Waals surface area contributed by atoms with E-state index in [1.807, 2.05) is 0 Å². The molecule has 0 atom stereocenters. The average Bonchev–Trinajstić information content (AvgIpc) is 3.31. The number of hydrogen-bond acceptors (Lipinski definition) is 0. The van der Waals surface area contributed by atoms with Crippen LogP contribution < -0.4 is 0 Å². The van der Waals surface area contributed by atoms with Gasteiger partial charge in [0, 0.05) is 0 Å². The van der Waals surface area contributed by atoms with Gasteiger partial charge in [-0.25, -0.2) is 0 Å². The standard InChI is InChI=1S/2C13H13.C2H6Si.Hf/c2*1-10-6-8-12(9-7-10)13-5-3-4-11(13)2;1-3-2;/h2*3-9H,1-2H3;1-2H3;/q2*-1;;+2. The third-order valence-electron chi connectivity index (χ3n) is 4.79. The Morgan fingerprint density at radius 1 is 0.567 bits per heavy atom. The van der Waals surface area contributed by atoms with Gasteiger partial charge in [0.15, 0.2) is 0 Å². The van der Waals surface area contributed by atoms with Crippen LogP contribution in [0.25, 0.3) is 22.3 Å². The molecule has 0 amide bonds. The van der Waals surface area contributed by atoms with Crippen molar-refractivity contribution >= 4 is 5.49 Å². The Hall–Kier alpha value is -1.77. The number of aryl methyl sites for hydroxylation is 4. The summed E-state index contributed by atoms with van der Waals surface area (Å²) in [5.41, 5.74) is 10.9. The van der Waals surface area contributed by atoms with Crippen LogP contribution in [0.3, 0.4) is 0 Å². The largest absolute Gasteiger partial charge is 0.151 e. The molecule has 0 aliphatic heterocycles. The van der Waals surface area contributed by atoms with Crippen molar-refractivity contribution in [2.75, 3.05) is 0 Å². The molecule has 0 heterocycles. The van der Waals surface area contributed by atoms with Gasteiger partial charge in [-0.15, -0.1) is 70.8 Å². The van der Waals surface area contributed by atoms with E-state index >= 15 is 0 Å². The predicted octanol–water partition coefficient (Wildman–Crippen LogP) is 8.16. The summed E-state index contributed by atoms with van der Waals surface area (Å²) in [5, 5.41) is 0. The monoisotopic (exact) mass is 576 g/mol. The van der Waals surface area contributed by atoms with Crippen molar-refractivity contribution in [3.05, 3.63) is 107 Å². The summed E-state index contributed by atoms with van der Waals surface area (Å²) in [7, 11) is 0.